The first-order valence-corrected chi connectivity index (χ1v) is 10.9. The Balaban J connectivity index is 1.48. The molecule has 7 heteroatoms. The summed E-state index contributed by atoms with van der Waals surface area (Å²) in [6.07, 6.45) is 0.563. The van der Waals surface area contributed by atoms with Gasteiger partial charge in [0.05, 0.1) is 12.8 Å². The molecule has 0 unspecified atom stereocenters. The Morgan fingerprint density at radius 2 is 1.77 bits per heavy atom. The van der Waals surface area contributed by atoms with Gasteiger partial charge >= 0.3 is 0 Å². The normalized spacial score (nSPS) is 10.9. The van der Waals surface area contributed by atoms with Gasteiger partial charge in [-0.3, -0.25) is 4.79 Å². The minimum absolute atomic E-state index is 0.102. The van der Waals surface area contributed by atoms with Crippen LogP contribution in [0.15, 0.2) is 69.0 Å². The number of thioether (sulfide) groups is 1. The standard InChI is InChI=1S/C24H23N3O3S/c1-15-20(13-17-7-5-4-6-8-17)22(28)27-24(25-15)31-14-21-16(2)30-23(26-21)18-9-11-19(29-3)12-10-18/h4-12H,13-14H2,1-3H3,(H,25,27,28). The molecular weight excluding hydrogens is 410 g/mol. The lowest BCUT2D eigenvalue weighted by Crippen LogP contribution is -2.17. The molecule has 158 valence electrons. The van der Waals surface area contributed by atoms with Crippen LogP contribution in [-0.2, 0) is 12.2 Å². The third-order valence-electron chi connectivity index (χ3n) is 5.00. The number of H-pyrrole nitrogens is 1. The zero-order valence-electron chi connectivity index (χ0n) is 17.6. The number of nitrogens with one attached hydrogen (secondary N) is 1. The summed E-state index contributed by atoms with van der Waals surface area (Å²) in [6.45, 7) is 3.76. The number of benzene rings is 2. The minimum atomic E-state index is -0.102. The van der Waals surface area contributed by atoms with E-state index in [9.17, 15) is 4.79 Å². The molecule has 2 aromatic heterocycles. The first kappa shape index (κ1) is 20.9. The molecule has 6 nitrogen and oxygen atoms in total. The first-order chi connectivity index (χ1) is 15.0. The molecule has 0 aliphatic heterocycles. The Morgan fingerprint density at radius 1 is 1.03 bits per heavy atom. The number of ether oxygens (including phenoxy) is 1. The Hall–Kier alpha value is -3.32. The summed E-state index contributed by atoms with van der Waals surface area (Å²) in [5, 5.41) is 0.577. The molecular formula is C24H23N3O3S. The average Bonchev–Trinajstić information content (AvgIpc) is 3.16. The lowest BCUT2D eigenvalue weighted by molar-refractivity contribution is 0.415. The zero-order valence-corrected chi connectivity index (χ0v) is 18.5. The highest BCUT2D eigenvalue weighted by atomic mass is 32.2. The highest BCUT2D eigenvalue weighted by molar-refractivity contribution is 7.98. The number of oxazole rings is 1. The van der Waals surface area contributed by atoms with E-state index in [1.807, 2.05) is 68.4 Å². The predicted molar refractivity (Wildman–Crippen MR) is 122 cm³/mol. The van der Waals surface area contributed by atoms with Crippen LogP contribution in [0.25, 0.3) is 11.5 Å². The maximum Gasteiger partial charge on any atom is 0.255 e. The summed E-state index contributed by atoms with van der Waals surface area (Å²) in [7, 11) is 1.63. The fourth-order valence-corrected chi connectivity index (χ4v) is 4.12. The van der Waals surface area contributed by atoms with E-state index in [-0.39, 0.29) is 5.56 Å². The molecule has 0 spiro atoms. The van der Waals surface area contributed by atoms with Crippen LogP contribution in [0.2, 0.25) is 0 Å². The fraction of sp³-hybridized carbons (Fsp3) is 0.208. The van der Waals surface area contributed by atoms with Crippen molar-refractivity contribution in [2.75, 3.05) is 7.11 Å². The van der Waals surface area contributed by atoms with Crippen LogP contribution in [0.5, 0.6) is 5.75 Å². The molecule has 4 rings (SSSR count). The molecule has 2 aromatic carbocycles. The van der Waals surface area contributed by atoms with Gasteiger partial charge in [0.2, 0.25) is 5.89 Å². The smallest absolute Gasteiger partial charge is 0.255 e. The van der Waals surface area contributed by atoms with Gasteiger partial charge in [-0.25, -0.2) is 9.97 Å². The van der Waals surface area contributed by atoms with Crippen LogP contribution in [0, 0.1) is 13.8 Å². The van der Waals surface area contributed by atoms with Crippen LogP contribution in [0.4, 0.5) is 0 Å². The summed E-state index contributed by atoms with van der Waals surface area (Å²) in [5.74, 6) is 2.64. The largest absolute Gasteiger partial charge is 0.497 e. The van der Waals surface area contributed by atoms with Gasteiger partial charge in [-0.1, -0.05) is 42.1 Å². The van der Waals surface area contributed by atoms with E-state index in [2.05, 4.69) is 15.0 Å². The van der Waals surface area contributed by atoms with Crippen molar-refractivity contribution in [1.82, 2.24) is 15.0 Å². The molecule has 0 bridgehead atoms. The second-order valence-corrected chi connectivity index (χ2v) is 8.10. The van der Waals surface area contributed by atoms with Gasteiger partial charge < -0.3 is 14.1 Å². The van der Waals surface area contributed by atoms with E-state index < -0.39 is 0 Å². The Bertz CT molecular complexity index is 1230. The van der Waals surface area contributed by atoms with E-state index in [1.165, 1.54) is 11.8 Å². The van der Waals surface area contributed by atoms with Crippen LogP contribution in [-0.4, -0.2) is 22.1 Å². The lowest BCUT2D eigenvalue weighted by atomic mass is 10.1. The Labute approximate surface area is 184 Å². The quantitative estimate of drug-likeness (QED) is 0.329. The molecule has 1 N–H and O–H groups in total. The van der Waals surface area contributed by atoms with Gasteiger partial charge in [0.1, 0.15) is 11.5 Å². The van der Waals surface area contributed by atoms with Gasteiger partial charge in [0, 0.05) is 29.0 Å². The number of aromatic nitrogens is 3. The van der Waals surface area contributed by atoms with Crippen molar-refractivity contribution in [2.24, 2.45) is 0 Å². The van der Waals surface area contributed by atoms with E-state index in [4.69, 9.17) is 9.15 Å². The van der Waals surface area contributed by atoms with E-state index in [0.29, 0.717) is 28.8 Å². The Morgan fingerprint density at radius 3 is 2.45 bits per heavy atom. The molecule has 0 amide bonds. The van der Waals surface area contributed by atoms with Crippen LogP contribution in [0.1, 0.15) is 28.3 Å². The van der Waals surface area contributed by atoms with Crippen molar-refractivity contribution < 1.29 is 9.15 Å². The molecule has 0 fully saturated rings. The second kappa shape index (κ2) is 9.22. The molecule has 0 saturated carbocycles. The third kappa shape index (κ3) is 4.88. The number of aromatic amines is 1. The minimum Gasteiger partial charge on any atom is -0.497 e. The molecule has 0 aliphatic carbocycles. The molecule has 31 heavy (non-hydrogen) atoms. The maximum absolute atomic E-state index is 12.6. The van der Waals surface area contributed by atoms with E-state index in [1.54, 1.807) is 7.11 Å². The summed E-state index contributed by atoms with van der Waals surface area (Å²) in [6, 6.07) is 17.5. The van der Waals surface area contributed by atoms with Crippen molar-refractivity contribution in [2.45, 2.75) is 31.2 Å². The number of methoxy groups -OCH3 is 1. The average molecular weight is 434 g/mol. The second-order valence-electron chi connectivity index (χ2n) is 7.14. The molecule has 0 aliphatic rings. The number of aryl methyl sites for hydroxylation is 2. The van der Waals surface area contributed by atoms with Gasteiger partial charge in [-0.05, 0) is 43.7 Å². The topological polar surface area (TPSA) is 81.0 Å². The van der Waals surface area contributed by atoms with Crippen molar-refractivity contribution in [3.63, 3.8) is 0 Å². The van der Waals surface area contributed by atoms with E-state index >= 15 is 0 Å². The molecule has 2 heterocycles. The van der Waals surface area contributed by atoms with Crippen molar-refractivity contribution in [3.05, 3.63) is 93.2 Å². The lowest BCUT2D eigenvalue weighted by Gasteiger charge is -2.07. The van der Waals surface area contributed by atoms with Gasteiger partial charge in [-0.15, -0.1) is 0 Å². The van der Waals surface area contributed by atoms with Crippen molar-refractivity contribution in [1.29, 1.82) is 0 Å². The van der Waals surface area contributed by atoms with Gasteiger partial charge in [0.15, 0.2) is 5.16 Å². The van der Waals surface area contributed by atoms with Crippen LogP contribution >= 0.6 is 11.8 Å². The van der Waals surface area contributed by atoms with Crippen LogP contribution in [0.3, 0.4) is 0 Å². The number of nitrogens with zero attached hydrogens (tertiary/aromatic N) is 2. The van der Waals surface area contributed by atoms with Crippen molar-refractivity contribution >= 4 is 11.8 Å². The van der Waals surface area contributed by atoms with E-state index in [0.717, 1.165) is 34.0 Å². The number of hydrogen-bond donors (Lipinski definition) is 1. The third-order valence-corrected chi connectivity index (χ3v) is 5.88. The summed E-state index contributed by atoms with van der Waals surface area (Å²) in [5.41, 5.74) is 4.12. The number of rotatable bonds is 7. The highest BCUT2D eigenvalue weighted by Crippen LogP contribution is 2.27. The SMILES string of the molecule is COc1ccc(-c2nc(CSc3nc(C)c(Cc4ccccc4)c(=O)[nH]3)c(C)o2)cc1. The van der Waals surface area contributed by atoms with Gasteiger partial charge in [-0.2, -0.15) is 0 Å². The monoisotopic (exact) mass is 433 g/mol. The zero-order chi connectivity index (χ0) is 21.8. The summed E-state index contributed by atoms with van der Waals surface area (Å²) < 4.78 is 11.0. The predicted octanol–water partition coefficient (Wildman–Crippen LogP) is 4.93. The highest BCUT2D eigenvalue weighted by Gasteiger charge is 2.14. The van der Waals surface area contributed by atoms with Crippen molar-refractivity contribution in [3.8, 4) is 17.2 Å². The summed E-state index contributed by atoms with van der Waals surface area (Å²) >= 11 is 1.44. The maximum atomic E-state index is 12.6. The Kier molecular flexibility index (Phi) is 6.23. The summed E-state index contributed by atoms with van der Waals surface area (Å²) in [4.78, 5) is 24.7. The fourth-order valence-electron chi connectivity index (χ4n) is 3.22. The van der Waals surface area contributed by atoms with Gasteiger partial charge in [0.25, 0.3) is 5.56 Å². The molecule has 0 saturated heterocycles. The molecule has 0 atom stereocenters. The number of hydrogen-bond acceptors (Lipinski definition) is 6. The molecule has 4 aromatic rings. The first-order valence-electron chi connectivity index (χ1n) is 9.90. The van der Waals surface area contributed by atoms with Crippen LogP contribution < -0.4 is 10.3 Å². The molecule has 0 radical (unpaired) electrons.